The minimum absolute atomic E-state index is 0.143. The second kappa shape index (κ2) is 6.25. The standard InChI is InChI=1S/C13H15ClN2OS/c1-2-12(17)16-7-6-15-13(16)18-9-10-4-3-5-11(14)8-10/h3-5,8H,2,6-7,9H2,1H3. The molecule has 1 aliphatic rings. The summed E-state index contributed by atoms with van der Waals surface area (Å²) < 4.78 is 0. The van der Waals surface area contributed by atoms with Gasteiger partial charge in [-0.25, -0.2) is 0 Å². The molecule has 0 spiro atoms. The number of nitrogens with zero attached hydrogens (tertiary/aromatic N) is 2. The Morgan fingerprint density at radius 3 is 3.11 bits per heavy atom. The highest BCUT2D eigenvalue weighted by atomic mass is 35.5. The number of hydrogen-bond acceptors (Lipinski definition) is 3. The molecular formula is C13H15ClN2OS. The van der Waals surface area contributed by atoms with Gasteiger partial charge >= 0.3 is 0 Å². The Hall–Kier alpha value is -1.00. The van der Waals surface area contributed by atoms with Crippen LogP contribution in [-0.2, 0) is 10.5 Å². The van der Waals surface area contributed by atoms with Gasteiger partial charge in [0, 0.05) is 23.7 Å². The van der Waals surface area contributed by atoms with Gasteiger partial charge in [-0.05, 0) is 17.7 Å². The number of amidine groups is 1. The Kier molecular flexibility index (Phi) is 4.66. The quantitative estimate of drug-likeness (QED) is 0.853. The van der Waals surface area contributed by atoms with Gasteiger partial charge in [-0.2, -0.15) is 0 Å². The van der Waals surface area contributed by atoms with Crippen LogP contribution in [0.5, 0.6) is 0 Å². The Morgan fingerprint density at radius 2 is 2.39 bits per heavy atom. The molecule has 1 amide bonds. The summed E-state index contributed by atoms with van der Waals surface area (Å²) in [5, 5.41) is 1.57. The molecule has 1 aliphatic heterocycles. The van der Waals surface area contributed by atoms with E-state index >= 15 is 0 Å². The molecule has 0 saturated heterocycles. The van der Waals surface area contributed by atoms with E-state index in [-0.39, 0.29) is 5.91 Å². The van der Waals surface area contributed by atoms with Gasteiger partial charge in [-0.3, -0.25) is 14.7 Å². The minimum Gasteiger partial charge on any atom is -0.290 e. The molecule has 1 heterocycles. The fourth-order valence-electron chi connectivity index (χ4n) is 1.75. The lowest BCUT2D eigenvalue weighted by Gasteiger charge is -2.16. The Bertz CT molecular complexity index is 476. The summed E-state index contributed by atoms with van der Waals surface area (Å²) >= 11 is 7.53. The van der Waals surface area contributed by atoms with Crippen molar-refractivity contribution in [3.8, 4) is 0 Å². The van der Waals surface area contributed by atoms with E-state index in [1.54, 1.807) is 16.7 Å². The first-order valence-corrected chi connectivity index (χ1v) is 7.29. The summed E-state index contributed by atoms with van der Waals surface area (Å²) in [4.78, 5) is 17.8. The lowest BCUT2D eigenvalue weighted by molar-refractivity contribution is -0.126. The number of aliphatic imine (C=N–C) groups is 1. The van der Waals surface area contributed by atoms with E-state index in [2.05, 4.69) is 4.99 Å². The molecular weight excluding hydrogens is 268 g/mol. The van der Waals surface area contributed by atoms with Crippen molar-refractivity contribution in [2.75, 3.05) is 13.1 Å². The Labute approximate surface area is 116 Å². The van der Waals surface area contributed by atoms with Crippen molar-refractivity contribution in [1.29, 1.82) is 0 Å². The first-order chi connectivity index (χ1) is 8.70. The number of thioether (sulfide) groups is 1. The molecule has 5 heteroatoms. The zero-order valence-electron chi connectivity index (χ0n) is 10.2. The van der Waals surface area contributed by atoms with Crippen LogP contribution in [0.15, 0.2) is 29.3 Å². The van der Waals surface area contributed by atoms with Crippen LogP contribution in [0.25, 0.3) is 0 Å². The molecule has 0 fully saturated rings. The van der Waals surface area contributed by atoms with E-state index in [1.807, 2.05) is 31.2 Å². The lowest BCUT2D eigenvalue weighted by Crippen LogP contribution is -2.32. The van der Waals surface area contributed by atoms with Gasteiger partial charge in [0.05, 0.1) is 6.54 Å². The van der Waals surface area contributed by atoms with Crippen LogP contribution >= 0.6 is 23.4 Å². The fraction of sp³-hybridized carbons (Fsp3) is 0.385. The number of carbonyl (C=O) groups excluding carboxylic acids is 1. The summed E-state index contributed by atoms with van der Waals surface area (Å²) in [5.41, 5.74) is 1.14. The molecule has 18 heavy (non-hydrogen) atoms. The molecule has 1 aromatic rings. The first-order valence-electron chi connectivity index (χ1n) is 5.92. The maximum atomic E-state index is 11.7. The zero-order chi connectivity index (χ0) is 13.0. The molecule has 0 N–H and O–H groups in total. The van der Waals surface area contributed by atoms with Crippen molar-refractivity contribution < 1.29 is 4.79 Å². The number of benzene rings is 1. The predicted molar refractivity (Wildman–Crippen MR) is 77.1 cm³/mol. The number of hydrogen-bond donors (Lipinski definition) is 0. The van der Waals surface area contributed by atoms with E-state index in [0.717, 1.165) is 21.5 Å². The topological polar surface area (TPSA) is 32.7 Å². The maximum Gasteiger partial charge on any atom is 0.228 e. The second-order valence-electron chi connectivity index (χ2n) is 3.98. The highest BCUT2D eigenvalue weighted by Gasteiger charge is 2.22. The van der Waals surface area contributed by atoms with Crippen molar-refractivity contribution in [3.63, 3.8) is 0 Å². The van der Waals surface area contributed by atoms with Gasteiger partial charge in [0.2, 0.25) is 5.91 Å². The SMILES string of the molecule is CCC(=O)N1CCN=C1SCc1cccc(Cl)c1. The smallest absolute Gasteiger partial charge is 0.228 e. The van der Waals surface area contributed by atoms with Gasteiger partial charge in [0.15, 0.2) is 5.17 Å². The molecule has 0 aromatic heterocycles. The van der Waals surface area contributed by atoms with Gasteiger partial charge in [-0.1, -0.05) is 42.4 Å². The number of rotatable bonds is 3. The number of halogens is 1. The molecule has 2 rings (SSSR count). The molecule has 96 valence electrons. The van der Waals surface area contributed by atoms with E-state index in [4.69, 9.17) is 11.6 Å². The summed E-state index contributed by atoms with van der Waals surface area (Å²) in [5.74, 6) is 0.928. The fourth-order valence-corrected chi connectivity index (χ4v) is 2.97. The zero-order valence-corrected chi connectivity index (χ0v) is 11.8. The number of carbonyl (C=O) groups is 1. The molecule has 3 nitrogen and oxygen atoms in total. The van der Waals surface area contributed by atoms with Gasteiger partial charge in [0.1, 0.15) is 0 Å². The van der Waals surface area contributed by atoms with Gasteiger partial charge in [0.25, 0.3) is 0 Å². The van der Waals surface area contributed by atoms with Crippen LogP contribution in [0.4, 0.5) is 0 Å². The maximum absolute atomic E-state index is 11.7. The monoisotopic (exact) mass is 282 g/mol. The molecule has 0 aliphatic carbocycles. The molecule has 0 radical (unpaired) electrons. The van der Waals surface area contributed by atoms with Crippen molar-refractivity contribution >= 4 is 34.4 Å². The van der Waals surface area contributed by atoms with Gasteiger partial charge < -0.3 is 0 Å². The molecule has 0 atom stereocenters. The summed E-state index contributed by atoms with van der Waals surface area (Å²) in [7, 11) is 0. The van der Waals surface area contributed by atoms with Crippen LogP contribution in [-0.4, -0.2) is 29.1 Å². The molecule has 0 bridgehead atoms. The normalized spacial score (nSPS) is 14.8. The van der Waals surface area contributed by atoms with E-state index < -0.39 is 0 Å². The first kappa shape index (κ1) is 13.4. The highest BCUT2D eigenvalue weighted by molar-refractivity contribution is 8.13. The van der Waals surface area contributed by atoms with Crippen LogP contribution in [0.2, 0.25) is 5.02 Å². The largest absolute Gasteiger partial charge is 0.290 e. The molecule has 0 saturated carbocycles. The number of amides is 1. The summed E-state index contributed by atoms with van der Waals surface area (Å²) in [6.07, 6.45) is 0.525. The van der Waals surface area contributed by atoms with E-state index in [1.165, 1.54) is 0 Å². The van der Waals surface area contributed by atoms with Crippen LogP contribution < -0.4 is 0 Å². The lowest BCUT2D eigenvalue weighted by atomic mass is 10.2. The van der Waals surface area contributed by atoms with Crippen LogP contribution in [0, 0.1) is 0 Å². The van der Waals surface area contributed by atoms with Crippen molar-refractivity contribution in [2.24, 2.45) is 4.99 Å². The van der Waals surface area contributed by atoms with E-state index in [9.17, 15) is 4.79 Å². The van der Waals surface area contributed by atoms with Crippen molar-refractivity contribution in [2.45, 2.75) is 19.1 Å². The van der Waals surface area contributed by atoms with Crippen molar-refractivity contribution in [1.82, 2.24) is 4.90 Å². The van der Waals surface area contributed by atoms with Crippen LogP contribution in [0.3, 0.4) is 0 Å². The average Bonchev–Trinajstić information content (AvgIpc) is 2.84. The summed E-state index contributed by atoms with van der Waals surface area (Å²) in [6.45, 7) is 3.30. The Morgan fingerprint density at radius 1 is 1.56 bits per heavy atom. The predicted octanol–water partition coefficient (Wildman–Crippen LogP) is 3.18. The third-order valence-corrected chi connectivity index (χ3v) is 3.98. The van der Waals surface area contributed by atoms with E-state index in [0.29, 0.717) is 19.5 Å². The third-order valence-electron chi connectivity index (χ3n) is 2.66. The third kappa shape index (κ3) is 3.27. The Balaban J connectivity index is 1.96. The molecule has 1 aromatic carbocycles. The second-order valence-corrected chi connectivity index (χ2v) is 5.36. The minimum atomic E-state index is 0.143. The van der Waals surface area contributed by atoms with Gasteiger partial charge in [-0.15, -0.1) is 0 Å². The van der Waals surface area contributed by atoms with Crippen molar-refractivity contribution in [3.05, 3.63) is 34.9 Å². The van der Waals surface area contributed by atoms with Crippen LogP contribution in [0.1, 0.15) is 18.9 Å². The highest BCUT2D eigenvalue weighted by Crippen LogP contribution is 2.21. The molecule has 0 unspecified atom stereocenters. The average molecular weight is 283 g/mol. The summed E-state index contributed by atoms with van der Waals surface area (Å²) in [6, 6.07) is 7.76.